The van der Waals surface area contributed by atoms with Crippen LogP contribution in [-0.2, 0) is 19.9 Å². The molecule has 4 fully saturated rings. The van der Waals surface area contributed by atoms with E-state index in [1.54, 1.807) is 12.1 Å². The predicted octanol–water partition coefficient (Wildman–Crippen LogP) is 2.69. The van der Waals surface area contributed by atoms with Gasteiger partial charge in [0.1, 0.15) is 12.1 Å². The minimum atomic E-state index is -1.72. The van der Waals surface area contributed by atoms with Crippen LogP contribution >= 0.6 is 22.7 Å². The minimum Gasteiger partial charge on any atom is -0.459 e. The van der Waals surface area contributed by atoms with Gasteiger partial charge in [-0.2, -0.15) is 0 Å². The zero-order valence-electron chi connectivity index (χ0n) is 14.8. The fourth-order valence-corrected chi connectivity index (χ4v) is 6.55. The summed E-state index contributed by atoms with van der Waals surface area (Å²) in [5.41, 5.74) is -1.77. The van der Waals surface area contributed by atoms with Gasteiger partial charge in [-0.15, -0.1) is 22.7 Å². The average molecular weight is 393 g/mol. The van der Waals surface area contributed by atoms with Gasteiger partial charge in [-0.3, -0.25) is 4.48 Å². The molecule has 2 aromatic rings. The van der Waals surface area contributed by atoms with Crippen molar-refractivity contribution in [2.75, 3.05) is 14.1 Å². The molecule has 4 atom stereocenters. The van der Waals surface area contributed by atoms with Crippen LogP contribution < -0.4 is 0 Å². The van der Waals surface area contributed by atoms with Gasteiger partial charge in [-0.05, 0) is 29.3 Å². The van der Waals surface area contributed by atoms with Crippen LogP contribution in [0.15, 0.2) is 35.0 Å². The Balaban J connectivity index is 1.39. The molecule has 0 aromatic carbocycles. The Morgan fingerprint density at radius 2 is 1.96 bits per heavy atom. The number of ether oxygens (including phenoxy) is 2. The Morgan fingerprint density at radius 3 is 2.50 bits per heavy atom. The first-order valence-electron chi connectivity index (χ1n) is 8.92. The second-order valence-electron chi connectivity index (χ2n) is 7.96. The van der Waals surface area contributed by atoms with E-state index in [0.29, 0.717) is 21.9 Å². The van der Waals surface area contributed by atoms with E-state index >= 15 is 0 Å². The number of nitrogens with zero attached hydrogens (tertiary/aromatic N) is 1. The number of thiophene rings is 2. The highest BCUT2D eigenvalue weighted by Crippen LogP contribution is 2.64. The second-order valence-corrected chi connectivity index (χ2v) is 9.85. The van der Waals surface area contributed by atoms with Crippen molar-refractivity contribution in [3.05, 3.63) is 44.8 Å². The quantitative estimate of drug-likeness (QED) is 0.494. The summed E-state index contributed by atoms with van der Waals surface area (Å²) >= 11 is 2.74. The molecule has 5 heterocycles. The van der Waals surface area contributed by atoms with E-state index < -0.39 is 11.6 Å². The number of aliphatic hydroxyl groups is 1. The third kappa shape index (κ3) is 2.03. The normalized spacial score (nSPS) is 34.3. The highest BCUT2D eigenvalue weighted by molar-refractivity contribution is 7.12. The molecule has 3 aliphatic heterocycles. The van der Waals surface area contributed by atoms with Gasteiger partial charge in [0.2, 0.25) is 11.3 Å². The SMILES string of the molecule is C[N+]1(C)[C@@H]2C[C@@H](OC(=O)C(O)(c3cccs3)c3cccs3)CC[C@]13O[C@H]23. The molecular formula is C19H22NO4S2+. The van der Waals surface area contributed by atoms with Crippen LogP contribution in [0.25, 0.3) is 0 Å². The molecule has 3 saturated heterocycles. The summed E-state index contributed by atoms with van der Waals surface area (Å²) < 4.78 is 12.7. The third-order valence-electron chi connectivity index (χ3n) is 6.53. The van der Waals surface area contributed by atoms with Crippen LogP contribution in [0, 0.1) is 0 Å². The number of hydrogen-bond donors (Lipinski definition) is 1. The first-order valence-corrected chi connectivity index (χ1v) is 10.7. The van der Waals surface area contributed by atoms with Gasteiger partial charge in [0.15, 0.2) is 6.10 Å². The van der Waals surface area contributed by atoms with E-state index in [2.05, 4.69) is 14.1 Å². The van der Waals surface area contributed by atoms with E-state index in [4.69, 9.17) is 9.47 Å². The molecule has 2 bridgehead atoms. The van der Waals surface area contributed by atoms with Crippen molar-refractivity contribution in [1.29, 1.82) is 0 Å². The highest BCUT2D eigenvalue weighted by Gasteiger charge is 2.85. The smallest absolute Gasteiger partial charge is 0.349 e. The number of quaternary nitrogens is 1. The number of hydrogen-bond acceptors (Lipinski definition) is 6. The molecular weight excluding hydrogens is 370 g/mol. The zero-order chi connectivity index (χ0) is 18.2. The van der Waals surface area contributed by atoms with Crippen LogP contribution in [0.2, 0.25) is 0 Å². The second kappa shape index (κ2) is 5.39. The number of esters is 1. The van der Waals surface area contributed by atoms with Crippen molar-refractivity contribution in [3.63, 3.8) is 0 Å². The van der Waals surface area contributed by atoms with E-state index in [9.17, 15) is 9.90 Å². The molecule has 0 amide bonds. The monoisotopic (exact) mass is 392 g/mol. The first-order chi connectivity index (χ1) is 12.4. The van der Waals surface area contributed by atoms with Crippen LogP contribution in [0.4, 0.5) is 0 Å². The van der Waals surface area contributed by atoms with Gasteiger partial charge in [0.05, 0.1) is 23.8 Å². The van der Waals surface area contributed by atoms with E-state index in [-0.39, 0.29) is 11.8 Å². The summed E-state index contributed by atoms with van der Waals surface area (Å²) in [5, 5.41) is 15.1. The predicted molar refractivity (Wildman–Crippen MR) is 98.9 cm³/mol. The van der Waals surface area contributed by atoms with Crippen molar-refractivity contribution in [2.45, 2.75) is 48.8 Å². The van der Waals surface area contributed by atoms with Crippen LogP contribution in [0.1, 0.15) is 29.0 Å². The van der Waals surface area contributed by atoms with Crippen molar-refractivity contribution in [3.8, 4) is 0 Å². The van der Waals surface area contributed by atoms with Gasteiger partial charge in [-0.25, -0.2) is 4.79 Å². The van der Waals surface area contributed by atoms with Crippen LogP contribution in [0.3, 0.4) is 0 Å². The molecule has 1 aliphatic carbocycles. The van der Waals surface area contributed by atoms with Crippen molar-refractivity contribution in [1.82, 2.24) is 0 Å². The number of carbonyl (C=O) groups is 1. The Morgan fingerprint density at radius 1 is 1.31 bits per heavy atom. The maximum atomic E-state index is 13.1. The summed E-state index contributed by atoms with van der Waals surface area (Å²) in [6.45, 7) is 0. The molecule has 1 saturated carbocycles. The van der Waals surface area contributed by atoms with Crippen molar-refractivity contribution >= 4 is 28.6 Å². The molecule has 0 unspecified atom stereocenters. The largest absolute Gasteiger partial charge is 0.459 e. The molecule has 5 nitrogen and oxygen atoms in total. The third-order valence-corrected chi connectivity index (χ3v) is 8.48. The number of epoxide rings is 1. The molecule has 6 rings (SSSR count). The van der Waals surface area contributed by atoms with Gasteiger partial charge in [0.25, 0.3) is 0 Å². The van der Waals surface area contributed by atoms with Crippen LogP contribution in [-0.4, -0.2) is 53.6 Å². The van der Waals surface area contributed by atoms with Gasteiger partial charge >= 0.3 is 5.97 Å². The Bertz CT molecular complexity index is 798. The number of carbonyl (C=O) groups excluding carboxylic acids is 1. The summed E-state index contributed by atoms with van der Waals surface area (Å²) in [5.74, 6) is -0.566. The molecule has 0 radical (unpaired) electrons. The fourth-order valence-electron chi connectivity index (χ4n) is 4.83. The van der Waals surface area contributed by atoms with E-state index in [1.807, 2.05) is 22.9 Å². The number of fused-ring (bicyclic) bond motifs is 3. The van der Waals surface area contributed by atoms with Gasteiger partial charge < -0.3 is 14.6 Å². The summed E-state index contributed by atoms with van der Waals surface area (Å²) in [6, 6.07) is 7.63. The lowest BCUT2D eigenvalue weighted by molar-refractivity contribution is -0.986. The molecule has 4 aliphatic rings. The Hall–Kier alpha value is -1.25. The number of likely N-dealkylation sites (N-methyl/N-ethyl adjacent to an activating group) is 1. The van der Waals surface area contributed by atoms with Gasteiger partial charge in [-0.1, -0.05) is 12.1 Å². The highest BCUT2D eigenvalue weighted by atomic mass is 32.1. The Labute approximate surface area is 160 Å². The van der Waals surface area contributed by atoms with Crippen molar-refractivity contribution < 1.29 is 23.9 Å². The topological polar surface area (TPSA) is 59.1 Å². The van der Waals surface area contributed by atoms with E-state index in [0.717, 1.165) is 23.7 Å². The molecule has 1 spiro atoms. The molecule has 26 heavy (non-hydrogen) atoms. The standard InChI is InChI=1S/C19H22NO4S2/c1-20(2)13-11-12(7-8-18(20)16(13)24-18)23-17(21)19(22,14-5-3-9-25-14)15-6-4-10-26-15/h3-6,9-10,12-13,16,22H,7-8,11H2,1-2H3/q+1/t12-,13+,16+,18+/m0/s1. The summed E-state index contributed by atoms with van der Waals surface area (Å²) in [4.78, 5) is 14.3. The zero-order valence-corrected chi connectivity index (χ0v) is 16.4. The molecule has 2 aromatic heterocycles. The van der Waals surface area contributed by atoms with E-state index in [1.165, 1.54) is 22.7 Å². The minimum absolute atomic E-state index is 0.0520. The lowest BCUT2D eigenvalue weighted by Crippen LogP contribution is -2.70. The fraction of sp³-hybridized carbons (Fsp3) is 0.526. The van der Waals surface area contributed by atoms with Crippen molar-refractivity contribution in [2.24, 2.45) is 0 Å². The van der Waals surface area contributed by atoms with Crippen LogP contribution in [0.5, 0.6) is 0 Å². The summed E-state index contributed by atoms with van der Waals surface area (Å²) in [7, 11) is 4.40. The lowest BCUT2D eigenvalue weighted by atomic mass is 9.89. The maximum absolute atomic E-state index is 13.1. The molecule has 7 heteroatoms. The molecule has 138 valence electrons. The molecule has 1 N–H and O–H groups in total. The maximum Gasteiger partial charge on any atom is 0.349 e. The van der Waals surface area contributed by atoms with Gasteiger partial charge in [0, 0.05) is 12.8 Å². The average Bonchev–Trinajstić information content (AvgIpc) is 3.00. The Kier molecular flexibility index (Phi) is 3.50. The number of rotatable bonds is 4. The lowest BCUT2D eigenvalue weighted by Gasteiger charge is -2.47. The first kappa shape index (κ1) is 16.9. The summed E-state index contributed by atoms with van der Waals surface area (Å²) in [6.07, 6.45) is 2.61.